The van der Waals surface area contributed by atoms with E-state index in [1.807, 2.05) is 0 Å². The van der Waals surface area contributed by atoms with Crippen LogP contribution in [0.25, 0.3) is 91.4 Å². The summed E-state index contributed by atoms with van der Waals surface area (Å²) in [6, 6.07) is 53.0. The second kappa shape index (κ2) is 9.00. The van der Waals surface area contributed by atoms with E-state index in [2.05, 4.69) is 150 Å². The van der Waals surface area contributed by atoms with E-state index in [0.29, 0.717) is 0 Å². The van der Waals surface area contributed by atoms with E-state index in [9.17, 15) is 0 Å². The van der Waals surface area contributed by atoms with Crippen molar-refractivity contribution in [3.8, 4) is 16.3 Å². The van der Waals surface area contributed by atoms with Crippen LogP contribution >= 0.6 is 11.3 Å². The summed E-state index contributed by atoms with van der Waals surface area (Å²) in [6.07, 6.45) is 0. The lowest BCUT2D eigenvalue weighted by Crippen LogP contribution is -1.94. The number of fused-ring (bicyclic) bond motifs is 12. The minimum absolute atomic E-state index is 1.06. The number of hydrogen-bond donors (Lipinski definition) is 0. The molecule has 0 amide bonds. The SMILES string of the molecule is c1ccc(-c2nc3c(ccc4ccc5cc(-n6c7ccc8ccccc8c7c7c8ccccc8ccc76)ccc5c43)s2)cc1. The number of rotatable bonds is 2. The first kappa shape index (κ1) is 24.0. The molecule has 44 heavy (non-hydrogen) atoms. The average molecular weight is 577 g/mol. The Hall–Kier alpha value is -5.51. The molecule has 0 saturated heterocycles. The topological polar surface area (TPSA) is 17.8 Å². The first-order valence-corrected chi connectivity index (χ1v) is 15.8. The Bertz CT molecular complexity index is 2670. The van der Waals surface area contributed by atoms with Crippen LogP contribution in [0.1, 0.15) is 0 Å². The van der Waals surface area contributed by atoms with Gasteiger partial charge in [0, 0.05) is 27.4 Å². The molecule has 204 valence electrons. The van der Waals surface area contributed by atoms with Gasteiger partial charge in [0.15, 0.2) is 0 Å². The van der Waals surface area contributed by atoms with Gasteiger partial charge < -0.3 is 4.57 Å². The maximum atomic E-state index is 5.19. The molecule has 2 aromatic heterocycles. The first-order valence-electron chi connectivity index (χ1n) is 15.0. The summed E-state index contributed by atoms with van der Waals surface area (Å²) in [6.45, 7) is 0. The highest BCUT2D eigenvalue weighted by Crippen LogP contribution is 2.42. The Balaban J connectivity index is 1.27. The van der Waals surface area contributed by atoms with Crippen molar-refractivity contribution in [1.29, 1.82) is 0 Å². The second-order valence-corrected chi connectivity index (χ2v) is 12.6. The average Bonchev–Trinajstić information content (AvgIpc) is 3.68. The van der Waals surface area contributed by atoms with Gasteiger partial charge in [0.05, 0.1) is 21.3 Å². The number of hydrogen-bond acceptors (Lipinski definition) is 2. The molecule has 10 rings (SSSR count). The van der Waals surface area contributed by atoms with Crippen molar-refractivity contribution < 1.29 is 0 Å². The monoisotopic (exact) mass is 576 g/mol. The minimum atomic E-state index is 1.06. The van der Waals surface area contributed by atoms with Gasteiger partial charge in [0.2, 0.25) is 0 Å². The number of aromatic nitrogens is 2. The lowest BCUT2D eigenvalue weighted by molar-refractivity contribution is 1.19. The molecule has 0 spiro atoms. The molecule has 0 unspecified atom stereocenters. The third kappa shape index (κ3) is 3.33. The zero-order valence-corrected chi connectivity index (χ0v) is 24.5. The van der Waals surface area contributed by atoms with Crippen LogP contribution in [0, 0.1) is 0 Å². The van der Waals surface area contributed by atoms with E-state index < -0.39 is 0 Å². The maximum absolute atomic E-state index is 5.19. The van der Waals surface area contributed by atoms with Gasteiger partial charge in [-0.2, -0.15) is 0 Å². The van der Waals surface area contributed by atoms with Crippen molar-refractivity contribution in [1.82, 2.24) is 9.55 Å². The molecular formula is C41H24N2S. The molecule has 3 heteroatoms. The third-order valence-corrected chi connectivity index (χ3v) is 10.2. The van der Waals surface area contributed by atoms with Crippen LogP contribution in [0.15, 0.2) is 146 Å². The zero-order valence-electron chi connectivity index (χ0n) is 23.7. The fourth-order valence-electron chi connectivity index (χ4n) is 7.20. The summed E-state index contributed by atoms with van der Waals surface area (Å²) in [7, 11) is 0. The molecule has 0 aliphatic carbocycles. The van der Waals surface area contributed by atoms with Crippen LogP contribution in [-0.4, -0.2) is 9.55 Å². The molecule has 8 aromatic carbocycles. The highest BCUT2D eigenvalue weighted by Gasteiger charge is 2.18. The highest BCUT2D eigenvalue weighted by molar-refractivity contribution is 7.21. The number of benzene rings is 8. The Morgan fingerprint density at radius 1 is 0.455 bits per heavy atom. The summed E-state index contributed by atoms with van der Waals surface area (Å²) >= 11 is 1.76. The van der Waals surface area contributed by atoms with Crippen LogP contribution in [0.4, 0.5) is 0 Å². The normalized spacial score (nSPS) is 12.1. The quantitative estimate of drug-likeness (QED) is 0.187. The van der Waals surface area contributed by atoms with Gasteiger partial charge in [-0.15, -0.1) is 11.3 Å². The molecule has 0 radical (unpaired) electrons. The predicted octanol–water partition coefficient (Wildman–Crippen LogP) is 11.7. The molecular weight excluding hydrogens is 553 g/mol. The smallest absolute Gasteiger partial charge is 0.124 e. The largest absolute Gasteiger partial charge is 0.309 e. The van der Waals surface area contributed by atoms with Crippen LogP contribution < -0.4 is 0 Å². The summed E-state index contributed by atoms with van der Waals surface area (Å²) < 4.78 is 3.67. The van der Waals surface area contributed by atoms with Crippen molar-refractivity contribution in [3.05, 3.63) is 146 Å². The molecule has 2 nitrogen and oxygen atoms in total. The Kier molecular flexibility index (Phi) is 4.90. The second-order valence-electron chi connectivity index (χ2n) is 11.6. The molecule has 0 saturated carbocycles. The molecule has 0 N–H and O–H groups in total. The van der Waals surface area contributed by atoms with E-state index >= 15 is 0 Å². The predicted molar refractivity (Wildman–Crippen MR) is 189 cm³/mol. The fraction of sp³-hybridized carbons (Fsp3) is 0. The van der Waals surface area contributed by atoms with Gasteiger partial charge in [0.25, 0.3) is 0 Å². The van der Waals surface area contributed by atoms with E-state index in [1.165, 1.54) is 69.6 Å². The van der Waals surface area contributed by atoms with Crippen molar-refractivity contribution in [3.63, 3.8) is 0 Å². The number of nitrogens with zero attached hydrogens (tertiary/aromatic N) is 2. The lowest BCUT2D eigenvalue weighted by Gasteiger charge is -2.11. The van der Waals surface area contributed by atoms with Gasteiger partial charge in [-0.05, 0) is 68.0 Å². The van der Waals surface area contributed by atoms with Gasteiger partial charge in [0.1, 0.15) is 5.01 Å². The van der Waals surface area contributed by atoms with E-state index in [0.717, 1.165) is 21.8 Å². The molecule has 0 aliphatic heterocycles. The molecule has 0 aliphatic rings. The maximum Gasteiger partial charge on any atom is 0.124 e. The minimum Gasteiger partial charge on any atom is -0.309 e. The van der Waals surface area contributed by atoms with Crippen molar-refractivity contribution in [2.45, 2.75) is 0 Å². The summed E-state index contributed by atoms with van der Waals surface area (Å²) in [5, 5.41) is 13.7. The number of thiazole rings is 1. The van der Waals surface area contributed by atoms with Crippen LogP contribution in [-0.2, 0) is 0 Å². The van der Waals surface area contributed by atoms with Crippen LogP contribution in [0.2, 0.25) is 0 Å². The Morgan fingerprint density at radius 2 is 1.05 bits per heavy atom. The highest BCUT2D eigenvalue weighted by atomic mass is 32.1. The summed E-state index contributed by atoms with van der Waals surface area (Å²) in [5.74, 6) is 0. The summed E-state index contributed by atoms with van der Waals surface area (Å²) in [5.41, 5.74) is 5.86. The zero-order chi connectivity index (χ0) is 28.8. The van der Waals surface area contributed by atoms with Crippen molar-refractivity contribution in [2.75, 3.05) is 0 Å². The van der Waals surface area contributed by atoms with Gasteiger partial charge in [-0.25, -0.2) is 4.98 Å². The van der Waals surface area contributed by atoms with Crippen molar-refractivity contribution >= 4 is 86.4 Å². The molecule has 0 fully saturated rings. The van der Waals surface area contributed by atoms with E-state index in [1.54, 1.807) is 11.3 Å². The molecule has 10 aromatic rings. The molecule has 0 bridgehead atoms. The first-order chi connectivity index (χ1) is 21.8. The molecule has 2 heterocycles. The van der Waals surface area contributed by atoms with Gasteiger partial charge in [-0.3, -0.25) is 0 Å². The summed E-state index contributed by atoms with van der Waals surface area (Å²) in [4.78, 5) is 5.19. The van der Waals surface area contributed by atoms with Gasteiger partial charge in [-0.1, -0.05) is 115 Å². The Labute approximate surface area is 257 Å². The Morgan fingerprint density at radius 3 is 1.77 bits per heavy atom. The fourth-order valence-corrected chi connectivity index (χ4v) is 8.18. The standard InChI is InChI=1S/C41H24N2S/c1-2-10-28(11-3-1)41-42-40-36(44-41)23-18-27-14-15-29-24-30(19-20-33(29)37(27)40)43-34-21-16-25-8-4-6-12-31(25)38(34)39-32-13-7-5-9-26(32)17-22-35(39)43/h1-24H. The van der Waals surface area contributed by atoms with E-state index in [4.69, 9.17) is 4.98 Å². The van der Waals surface area contributed by atoms with Crippen molar-refractivity contribution in [2.24, 2.45) is 0 Å². The van der Waals surface area contributed by atoms with Gasteiger partial charge >= 0.3 is 0 Å². The molecule has 0 atom stereocenters. The lowest BCUT2D eigenvalue weighted by atomic mass is 10.00. The van der Waals surface area contributed by atoms with E-state index in [-0.39, 0.29) is 0 Å². The van der Waals surface area contributed by atoms with Crippen LogP contribution in [0.3, 0.4) is 0 Å². The van der Waals surface area contributed by atoms with Crippen LogP contribution in [0.5, 0.6) is 0 Å². The third-order valence-electron chi connectivity index (χ3n) is 9.16.